The molecule has 0 amide bonds. The molecule has 24 nitrogen and oxygen atoms in total. The lowest BCUT2D eigenvalue weighted by Crippen LogP contribution is -2.38. The van der Waals surface area contributed by atoms with E-state index in [4.69, 9.17) is 163 Å². The molecule has 6 N–H and O–H groups in total. The molecule has 6 saturated heterocycles. The molecule has 0 spiro atoms. The van der Waals surface area contributed by atoms with Gasteiger partial charge in [0.15, 0.2) is 69.0 Å². The number of benzene rings is 12. The highest BCUT2D eigenvalue weighted by molar-refractivity contribution is 5.52. The van der Waals surface area contributed by atoms with E-state index in [0.717, 1.165) is 6.07 Å². The number of hydrogen-bond acceptors (Lipinski definition) is 24. The van der Waals surface area contributed by atoms with Gasteiger partial charge in [0.05, 0.1) is 77.9 Å². The van der Waals surface area contributed by atoms with Crippen molar-refractivity contribution in [2.75, 3.05) is 158 Å². The van der Waals surface area contributed by atoms with E-state index in [1.807, 2.05) is 0 Å². The second-order valence-electron chi connectivity index (χ2n) is 31.7. The first-order valence-electron chi connectivity index (χ1n) is 72.8. The molecule has 12 aliphatic heterocycles. The molecule has 0 aliphatic carbocycles. The third-order valence-corrected chi connectivity index (χ3v) is 22.5. The van der Waals surface area contributed by atoms with Crippen LogP contribution in [-0.2, 0) is 0 Å². The van der Waals surface area contributed by atoms with E-state index in [1.165, 1.54) is 103 Å². The fourth-order valence-electron chi connectivity index (χ4n) is 15.4. The topological polar surface area (TPSA) is 238 Å². The minimum absolute atomic E-state index is 0.0153. The van der Waals surface area contributed by atoms with Crippen molar-refractivity contribution in [1.82, 2.24) is 31.9 Å². The first kappa shape index (κ1) is 51.7. The Labute approximate surface area is 914 Å². The zero-order valence-electron chi connectivity index (χ0n) is 132. The molecule has 6 unspecified atom stereocenters. The molecule has 0 aromatic heterocycles. The van der Waals surface area contributed by atoms with Crippen molar-refractivity contribution in [3.8, 4) is 103 Å². The van der Waals surface area contributed by atoms with Crippen LogP contribution in [0.4, 0.5) is 26.3 Å². The van der Waals surface area contributed by atoms with Crippen LogP contribution in [0.15, 0.2) is 254 Å². The number of rotatable bonds is 24. The monoisotopic (exact) mass is 2030 g/mol. The summed E-state index contributed by atoms with van der Waals surface area (Å²) in [6.07, 6.45) is -0.0769. The van der Waals surface area contributed by atoms with Crippen LogP contribution in [0.25, 0.3) is 0 Å². The van der Waals surface area contributed by atoms with Crippen molar-refractivity contribution < 1.29 is 190 Å². The second kappa shape index (κ2) is 49.1. The van der Waals surface area contributed by atoms with Gasteiger partial charge in [-0.05, 0) is 292 Å². The van der Waals surface area contributed by atoms with Gasteiger partial charge in [0.2, 0.25) is 40.5 Å². The van der Waals surface area contributed by atoms with Gasteiger partial charge in [0.25, 0.3) is 0 Å². The Morgan fingerprint density at radius 2 is 0.486 bits per heavy atom. The summed E-state index contributed by atoms with van der Waals surface area (Å²) in [5.41, 5.74) is -2.05. The van der Waals surface area contributed by atoms with Gasteiger partial charge < -0.3 is 117 Å². The molecule has 12 heterocycles. The number of ether oxygens (including phenoxy) is 18. The molecule has 756 valence electrons. The lowest BCUT2D eigenvalue weighted by molar-refractivity contribution is 0.173. The van der Waals surface area contributed by atoms with E-state index >= 15 is 0 Å². The number of halogens is 6. The Balaban J connectivity index is 0.000000143. The fraction of sp³-hybridized carbons (Fsp3) is 0.368. The normalized spacial score (nSPS) is 35.0. The van der Waals surface area contributed by atoms with Crippen LogP contribution >= 0.6 is 0 Å². The largest absolute Gasteiger partial charge is 0.493 e. The Bertz CT molecular complexity index is 9350. The smallest absolute Gasteiger partial charge is 0.231 e. The van der Waals surface area contributed by atoms with Crippen LogP contribution < -0.4 is 117 Å². The third kappa shape index (κ3) is 26.5. The molecule has 12 atom stereocenters. The molecule has 30 heteroatoms. The average Bonchev–Trinajstić information content (AvgIpc) is 1.00. The molecule has 6 fully saturated rings. The van der Waals surface area contributed by atoms with Crippen LogP contribution in [0.3, 0.4) is 0 Å². The summed E-state index contributed by atoms with van der Waals surface area (Å²) in [6.45, 7) is -36.2. The highest BCUT2D eigenvalue weighted by Crippen LogP contribution is 2.45. The van der Waals surface area contributed by atoms with Crippen molar-refractivity contribution in [3.05, 3.63) is 322 Å². The van der Waals surface area contributed by atoms with Gasteiger partial charge in [0, 0.05) is 134 Å². The van der Waals surface area contributed by atoms with Crippen molar-refractivity contribution >= 4 is 0 Å². The van der Waals surface area contributed by atoms with Crippen molar-refractivity contribution in [1.29, 1.82) is 0 Å². The summed E-state index contributed by atoms with van der Waals surface area (Å²) in [7, 11) is 0. The van der Waals surface area contributed by atoms with Gasteiger partial charge in [0.1, 0.15) is 85.8 Å². The van der Waals surface area contributed by atoms with Crippen LogP contribution in [0.2, 0.25) is 0 Å². The standard InChI is InChI=1S/6C19H20FNO3/c6*20-15-3-1-13(2-4-15)17-7-8-21-10-14(17)11-22-16-5-6-18-19(9-16)24-12-23-18/h6*1-6,9,14,17,21H,7-8,10-12H2/t6*14?,17-/m000000/s1/i1D,2D,3D,4D,10D2,12D2,14D,17D;1D,2D,3D,4D,10D2,11D2,12D2,14D;1D,2D,3D,4D,10D2,12D2,17D;1D,2D,3D,4D,10D2,12D2,14D;1D,2D,3D,4D,10D2,11D2,12D2;1D,2D,3D,4D,10D2,12D2. The molecular formula is C114H120F6N6O18. The van der Waals surface area contributed by atoms with Gasteiger partial charge in [-0.15, -0.1) is 0 Å². The average molecular weight is 2030 g/mol. The molecule has 24 rings (SSSR count). The zero-order valence-corrected chi connectivity index (χ0v) is 74.9. The van der Waals surface area contributed by atoms with Gasteiger partial charge >= 0.3 is 0 Å². The second-order valence-corrected chi connectivity index (χ2v) is 31.7. The summed E-state index contributed by atoms with van der Waals surface area (Å²) in [5.74, 6) is -27.4. The van der Waals surface area contributed by atoms with Crippen LogP contribution in [0.5, 0.6) is 103 Å². The Morgan fingerprint density at radius 3 is 0.861 bits per heavy atom. The highest BCUT2D eigenvalue weighted by atomic mass is 19.1. The first-order chi connectivity index (χ1) is 92.7. The molecule has 12 aromatic carbocycles. The Kier molecular flexibility index (Phi) is 17.6. The maximum atomic E-state index is 14.1. The van der Waals surface area contributed by atoms with E-state index in [-0.39, 0.29) is 198 Å². The lowest BCUT2D eigenvalue weighted by Gasteiger charge is -2.32. The number of piperidine rings is 6. The number of nitrogens with one attached hydrogen (secondary N) is 6. The van der Waals surface area contributed by atoms with Crippen LogP contribution in [-0.4, -0.2) is 158 Å². The predicted molar refractivity (Wildman–Crippen MR) is 529 cm³/mol. The zero-order chi connectivity index (χ0) is 149. The summed E-state index contributed by atoms with van der Waals surface area (Å²) < 4.78 is 640. The SMILES string of the molecule is [2H]c1c([2H])c([C@@H]2CCNC([2H])([2H])C2([2H])C([2H])([2H])Oc2ccc3c(c2)OC([2H])([2H])O3)c([2H])c([2H])c1F.[2H]c1c([2H])c([C@@H]2CCNC([2H])([2H])C2([2H])COc2ccc3c(c2)OC([2H])([2H])O3)c([2H])c([2H])c1F.[2H]c1c([2H])c([C@@H]2CCNC([2H])([2H])C2C([2H])([2H])Oc2ccc3c(c2)OC([2H])([2H])O3)c([2H])c([2H])c1F.[2H]c1c([2H])c([C@@H]2CCNC([2H])([2H])C2COc2ccc3c(c2)OC([2H])([2H])O3)c([2H])c([2H])c1F.[2H]c1c([2H])c([C@]2([2H])CCNC([2H])([2H])C2([2H])COc2ccc3c(c2)OC([2H])([2H])O3)c([2H])c([2H])c1F.[2H]c1c([2H])c([C@]2([2H])CCNC([2H])([2H])C2COc2ccc3c(c2)OC([2H])([2H])O3)c([2H])c([2H])c1F. The van der Waals surface area contributed by atoms with Gasteiger partial charge in [-0.3, -0.25) is 0 Å². The maximum absolute atomic E-state index is 14.1. The number of hydrogen-bond donors (Lipinski definition) is 6. The maximum Gasteiger partial charge on any atom is 0.231 e. The molecule has 0 radical (unpaired) electrons. The summed E-state index contributed by atoms with van der Waals surface area (Å²) in [5, 5.41) is 15.5. The molecule has 12 aliphatic rings. The van der Waals surface area contributed by atoms with Crippen LogP contribution in [0, 0.1) is 70.3 Å². The molecule has 0 bridgehead atoms. The van der Waals surface area contributed by atoms with Crippen molar-refractivity contribution in [2.45, 2.75) is 74.0 Å². The Hall–Kier alpha value is -13.6. The fourth-order valence-corrected chi connectivity index (χ4v) is 15.4. The first-order valence-corrected chi connectivity index (χ1v) is 44.3. The van der Waals surface area contributed by atoms with E-state index in [0.29, 0.717) is 6.42 Å². The van der Waals surface area contributed by atoms with Gasteiger partial charge in [-0.25, -0.2) is 26.3 Å². The minimum atomic E-state index is -3.17. The lowest BCUT2D eigenvalue weighted by atomic mass is 9.81. The molecular weight excluding hydrogens is 1860 g/mol. The summed E-state index contributed by atoms with van der Waals surface area (Å²) in [4.78, 5) is 0. The van der Waals surface area contributed by atoms with Crippen molar-refractivity contribution in [3.63, 3.8) is 0 Å². The highest BCUT2D eigenvalue weighted by Gasteiger charge is 2.35. The number of fused-ring (bicyclic) bond motifs is 6. The van der Waals surface area contributed by atoms with E-state index < -0.39 is 380 Å². The quantitative estimate of drug-likeness (QED) is 0.0308. The molecule has 12 aromatic rings. The molecule has 0 saturated carbocycles. The van der Waals surface area contributed by atoms with Gasteiger partial charge in [-0.2, -0.15) is 0 Å². The van der Waals surface area contributed by atoms with Crippen molar-refractivity contribution in [2.24, 2.45) is 35.4 Å². The van der Waals surface area contributed by atoms with E-state index in [2.05, 4.69) is 31.9 Å². The van der Waals surface area contributed by atoms with Gasteiger partial charge in [-0.1, -0.05) is 72.5 Å². The third-order valence-electron chi connectivity index (χ3n) is 22.5. The predicted octanol–water partition coefficient (Wildman–Crippen LogP) is 20.0. The van der Waals surface area contributed by atoms with Crippen LogP contribution in [0.1, 0.15) is 185 Å². The Morgan fingerprint density at radius 1 is 0.243 bits per heavy atom. The van der Waals surface area contributed by atoms with E-state index in [1.54, 1.807) is 0 Å². The van der Waals surface area contributed by atoms with E-state index in [9.17, 15) is 26.3 Å². The summed E-state index contributed by atoms with van der Waals surface area (Å²) >= 11 is 0. The molecule has 144 heavy (non-hydrogen) atoms. The summed E-state index contributed by atoms with van der Waals surface area (Å²) in [6, 6.07) is 4.52. The minimum Gasteiger partial charge on any atom is -0.493 e.